The zero-order chi connectivity index (χ0) is 12.4. The SMILES string of the molecule is CC[C@@H](O)[C@@H]1COC(c2cccc(O)c2C)=N1. The van der Waals surface area contributed by atoms with Crippen molar-refractivity contribution in [2.24, 2.45) is 4.99 Å². The summed E-state index contributed by atoms with van der Waals surface area (Å²) in [5.74, 6) is 0.740. The topological polar surface area (TPSA) is 62.0 Å². The van der Waals surface area contributed by atoms with Gasteiger partial charge in [0.2, 0.25) is 5.90 Å². The maximum atomic E-state index is 9.71. The lowest BCUT2D eigenvalue weighted by Crippen LogP contribution is -2.24. The monoisotopic (exact) mass is 235 g/mol. The van der Waals surface area contributed by atoms with Crippen LogP contribution in [-0.4, -0.2) is 34.9 Å². The van der Waals surface area contributed by atoms with E-state index in [0.29, 0.717) is 18.9 Å². The minimum absolute atomic E-state index is 0.197. The van der Waals surface area contributed by atoms with E-state index in [9.17, 15) is 10.2 Å². The molecule has 1 aromatic carbocycles. The predicted molar refractivity (Wildman–Crippen MR) is 65.4 cm³/mol. The van der Waals surface area contributed by atoms with Crippen LogP contribution in [0.3, 0.4) is 0 Å². The van der Waals surface area contributed by atoms with Gasteiger partial charge in [0, 0.05) is 11.1 Å². The number of aliphatic hydroxyl groups excluding tert-OH is 1. The number of hydrogen-bond acceptors (Lipinski definition) is 4. The van der Waals surface area contributed by atoms with Crippen molar-refractivity contribution in [2.75, 3.05) is 6.61 Å². The highest BCUT2D eigenvalue weighted by Gasteiger charge is 2.26. The van der Waals surface area contributed by atoms with E-state index in [1.54, 1.807) is 12.1 Å². The third kappa shape index (κ3) is 2.26. The summed E-state index contributed by atoms with van der Waals surface area (Å²) in [6, 6.07) is 5.05. The van der Waals surface area contributed by atoms with E-state index in [2.05, 4.69) is 4.99 Å². The van der Waals surface area contributed by atoms with Gasteiger partial charge >= 0.3 is 0 Å². The minimum Gasteiger partial charge on any atom is -0.508 e. The van der Waals surface area contributed by atoms with Crippen LogP contribution in [0.5, 0.6) is 5.75 Å². The maximum absolute atomic E-state index is 9.71. The number of hydrogen-bond donors (Lipinski definition) is 2. The summed E-state index contributed by atoms with van der Waals surface area (Å²) in [6.45, 7) is 4.14. The highest BCUT2D eigenvalue weighted by Crippen LogP contribution is 2.23. The molecule has 4 heteroatoms. The van der Waals surface area contributed by atoms with E-state index < -0.39 is 6.10 Å². The standard InChI is InChI=1S/C13H17NO3/c1-3-11(15)10-7-17-13(14-10)9-5-4-6-12(16)8(9)2/h4-6,10-11,15-16H,3,7H2,1-2H3/t10-,11+/m0/s1. The van der Waals surface area contributed by atoms with Crippen LogP contribution in [0.2, 0.25) is 0 Å². The molecule has 0 saturated carbocycles. The van der Waals surface area contributed by atoms with E-state index in [0.717, 1.165) is 11.1 Å². The van der Waals surface area contributed by atoms with Gasteiger partial charge in [-0.3, -0.25) is 0 Å². The van der Waals surface area contributed by atoms with Crippen molar-refractivity contribution >= 4 is 5.90 Å². The van der Waals surface area contributed by atoms with Gasteiger partial charge in [-0.05, 0) is 25.5 Å². The van der Waals surface area contributed by atoms with Crippen LogP contribution in [0.1, 0.15) is 24.5 Å². The lowest BCUT2D eigenvalue weighted by Gasteiger charge is -2.10. The zero-order valence-electron chi connectivity index (χ0n) is 10.1. The molecule has 0 unspecified atom stereocenters. The Bertz CT molecular complexity index is 442. The molecule has 0 aliphatic carbocycles. The van der Waals surface area contributed by atoms with E-state index >= 15 is 0 Å². The smallest absolute Gasteiger partial charge is 0.217 e. The Morgan fingerprint density at radius 2 is 2.29 bits per heavy atom. The molecule has 92 valence electrons. The third-order valence-electron chi connectivity index (χ3n) is 3.07. The molecule has 2 N–H and O–H groups in total. The third-order valence-corrected chi connectivity index (χ3v) is 3.07. The number of benzene rings is 1. The summed E-state index contributed by atoms with van der Waals surface area (Å²) in [4.78, 5) is 4.36. The van der Waals surface area contributed by atoms with E-state index in [1.807, 2.05) is 19.9 Å². The normalized spacial score (nSPS) is 20.9. The van der Waals surface area contributed by atoms with Gasteiger partial charge in [0.05, 0.1) is 6.10 Å². The number of phenols is 1. The van der Waals surface area contributed by atoms with Crippen molar-refractivity contribution in [3.05, 3.63) is 29.3 Å². The predicted octanol–water partition coefficient (Wildman–Crippen LogP) is 1.62. The maximum Gasteiger partial charge on any atom is 0.217 e. The van der Waals surface area contributed by atoms with Crippen molar-refractivity contribution in [1.82, 2.24) is 0 Å². The molecule has 1 aromatic rings. The Labute approximate surface area is 101 Å². The first-order valence-electron chi connectivity index (χ1n) is 5.81. The van der Waals surface area contributed by atoms with Crippen molar-refractivity contribution in [3.8, 4) is 5.75 Å². The molecular weight excluding hydrogens is 218 g/mol. The molecule has 1 aliphatic rings. The average molecular weight is 235 g/mol. The molecule has 0 spiro atoms. The van der Waals surface area contributed by atoms with Crippen LogP contribution in [0.4, 0.5) is 0 Å². The Kier molecular flexibility index (Phi) is 3.33. The number of rotatable bonds is 3. The van der Waals surface area contributed by atoms with Gasteiger partial charge in [-0.2, -0.15) is 0 Å². The Morgan fingerprint density at radius 1 is 1.53 bits per heavy atom. The molecular formula is C13H17NO3. The van der Waals surface area contributed by atoms with Crippen LogP contribution in [0.25, 0.3) is 0 Å². The molecule has 2 atom stereocenters. The molecule has 0 bridgehead atoms. The fourth-order valence-electron chi connectivity index (χ4n) is 1.86. The Balaban J connectivity index is 2.27. The molecule has 17 heavy (non-hydrogen) atoms. The van der Waals surface area contributed by atoms with Crippen LogP contribution in [0.15, 0.2) is 23.2 Å². The summed E-state index contributed by atoms with van der Waals surface area (Å²) in [6.07, 6.45) is 0.189. The summed E-state index contributed by atoms with van der Waals surface area (Å²) >= 11 is 0. The van der Waals surface area contributed by atoms with Gasteiger partial charge in [-0.1, -0.05) is 13.0 Å². The van der Waals surface area contributed by atoms with E-state index in [4.69, 9.17) is 4.74 Å². The van der Waals surface area contributed by atoms with Crippen LogP contribution >= 0.6 is 0 Å². The van der Waals surface area contributed by atoms with Gasteiger partial charge in [0.1, 0.15) is 18.4 Å². The second kappa shape index (κ2) is 4.75. The molecule has 1 heterocycles. The van der Waals surface area contributed by atoms with Crippen molar-refractivity contribution in [2.45, 2.75) is 32.4 Å². The van der Waals surface area contributed by atoms with Gasteiger partial charge < -0.3 is 14.9 Å². The number of ether oxygens (including phenoxy) is 1. The molecule has 0 aromatic heterocycles. The van der Waals surface area contributed by atoms with Crippen molar-refractivity contribution in [1.29, 1.82) is 0 Å². The largest absolute Gasteiger partial charge is 0.508 e. The van der Waals surface area contributed by atoms with Crippen molar-refractivity contribution < 1.29 is 14.9 Å². The van der Waals surface area contributed by atoms with Crippen molar-refractivity contribution in [3.63, 3.8) is 0 Å². The molecule has 0 radical (unpaired) electrons. The first-order valence-corrected chi connectivity index (χ1v) is 5.81. The van der Waals surface area contributed by atoms with Gasteiger partial charge in [0.15, 0.2) is 0 Å². The van der Waals surface area contributed by atoms with Gasteiger partial charge in [-0.25, -0.2) is 4.99 Å². The van der Waals surface area contributed by atoms with Gasteiger partial charge in [0.25, 0.3) is 0 Å². The quantitative estimate of drug-likeness (QED) is 0.836. The number of phenolic OH excluding ortho intramolecular Hbond substituents is 1. The Hall–Kier alpha value is -1.55. The first kappa shape index (κ1) is 11.9. The van der Waals surface area contributed by atoms with Crippen LogP contribution < -0.4 is 0 Å². The number of nitrogens with zero attached hydrogens (tertiary/aromatic N) is 1. The fourth-order valence-corrected chi connectivity index (χ4v) is 1.86. The lowest BCUT2D eigenvalue weighted by atomic mass is 10.1. The second-order valence-electron chi connectivity index (χ2n) is 4.24. The number of aromatic hydroxyl groups is 1. The minimum atomic E-state index is -0.467. The second-order valence-corrected chi connectivity index (χ2v) is 4.24. The zero-order valence-corrected chi connectivity index (χ0v) is 10.1. The van der Waals surface area contributed by atoms with E-state index in [1.165, 1.54) is 0 Å². The van der Waals surface area contributed by atoms with E-state index in [-0.39, 0.29) is 11.8 Å². The summed E-state index contributed by atoms with van der Waals surface area (Å²) in [5.41, 5.74) is 1.54. The molecule has 2 rings (SSSR count). The fraction of sp³-hybridized carbons (Fsp3) is 0.462. The first-order chi connectivity index (χ1) is 8.13. The highest BCUT2D eigenvalue weighted by molar-refractivity contribution is 5.97. The Morgan fingerprint density at radius 3 is 3.00 bits per heavy atom. The summed E-state index contributed by atoms with van der Waals surface area (Å²) in [7, 11) is 0. The molecule has 4 nitrogen and oxygen atoms in total. The summed E-state index contributed by atoms with van der Waals surface area (Å²) in [5, 5.41) is 19.3. The number of aliphatic imine (C=N–C) groups is 1. The number of aliphatic hydroxyl groups is 1. The molecule has 1 aliphatic heterocycles. The average Bonchev–Trinajstić information content (AvgIpc) is 2.81. The van der Waals surface area contributed by atoms with Crippen LogP contribution in [0, 0.1) is 6.92 Å². The highest BCUT2D eigenvalue weighted by atomic mass is 16.5. The molecule has 0 saturated heterocycles. The molecule has 0 fully saturated rings. The lowest BCUT2D eigenvalue weighted by molar-refractivity contribution is 0.125. The van der Waals surface area contributed by atoms with Crippen LogP contribution in [-0.2, 0) is 4.74 Å². The van der Waals surface area contributed by atoms with Gasteiger partial charge in [-0.15, -0.1) is 0 Å². The summed E-state index contributed by atoms with van der Waals surface area (Å²) < 4.78 is 5.49. The molecule has 0 amide bonds.